The minimum atomic E-state index is -1.91. The molecule has 0 aliphatic heterocycles. The number of hydrogen-bond acceptors (Lipinski definition) is 2. The molecule has 0 fully saturated rings. The van der Waals surface area contributed by atoms with Crippen LogP contribution in [-0.2, 0) is 8.85 Å². The fourth-order valence-corrected chi connectivity index (χ4v) is 5.23. The van der Waals surface area contributed by atoms with Crippen molar-refractivity contribution in [2.75, 3.05) is 0 Å². The Kier molecular flexibility index (Phi) is 8.01. The third-order valence-corrected chi connectivity index (χ3v) is 15.1. The van der Waals surface area contributed by atoms with Gasteiger partial charge in [0, 0.05) is 12.8 Å². The maximum Gasteiger partial charge on any atom is 0.193 e. The van der Waals surface area contributed by atoms with Crippen LogP contribution in [0, 0.1) is 12.3 Å². The molecule has 0 saturated heterocycles. The van der Waals surface area contributed by atoms with E-state index < -0.39 is 22.2 Å². The summed E-state index contributed by atoms with van der Waals surface area (Å²) in [6.45, 7) is 28.8. The van der Waals surface area contributed by atoms with E-state index in [9.17, 15) is 0 Å². The van der Waals surface area contributed by atoms with Gasteiger partial charge in [-0.15, -0.1) is 18.9 Å². The third-order valence-electron chi connectivity index (χ3n) is 5.97. The predicted molar refractivity (Wildman–Crippen MR) is 117 cm³/mol. The van der Waals surface area contributed by atoms with E-state index in [-0.39, 0.29) is 16.2 Å². The summed E-state index contributed by atoms with van der Waals surface area (Å²) in [6.07, 6.45) is 8.93. The van der Waals surface area contributed by atoms with Gasteiger partial charge in [0.05, 0.1) is 11.7 Å². The summed E-state index contributed by atoms with van der Waals surface area (Å²) in [7, 11) is -3.80. The minimum Gasteiger partial charge on any atom is -0.413 e. The summed E-state index contributed by atoms with van der Waals surface area (Å²) >= 11 is 0. The predicted octanol–water partition coefficient (Wildman–Crippen LogP) is 6.76. The molecular weight excluding hydrogens is 340 g/mol. The molecule has 0 rings (SSSR count). The Balaban J connectivity index is 5.46. The first-order chi connectivity index (χ1) is 10.9. The number of terminal acetylenes is 1. The van der Waals surface area contributed by atoms with Crippen LogP contribution in [0.5, 0.6) is 0 Å². The smallest absolute Gasteiger partial charge is 0.193 e. The van der Waals surface area contributed by atoms with Crippen molar-refractivity contribution < 1.29 is 8.85 Å². The van der Waals surface area contributed by atoms with Gasteiger partial charge in [-0.05, 0) is 43.2 Å². The highest BCUT2D eigenvalue weighted by Crippen LogP contribution is 2.42. The zero-order valence-electron chi connectivity index (χ0n) is 18.7. The Morgan fingerprint density at radius 3 is 1.72 bits per heavy atom. The highest BCUT2D eigenvalue weighted by Gasteiger charge is 2.44. The van der Waals surface area contributed by atoms with Crippen molar-refractivity contribution >= 4 is 16.6 Å². The third kappa shape index (κ3) is 7.05. The highest BCUT2D eigenvalue weighted by molar-refractivity contribution is 6.74. The van der Waals surface area contributed by atoms with Gasteiger partial charge in [0.15, 0.2) is 16.6 Å². The first-order valence-corrected chi connectivity index (χ1v) is 15.2. The highest BCUT2D eigenvalue weighted by atomic mass is 28.4. The summed E-state index contributed by atoms with van der Waals surface area (Å²) in [5, 5.41) is 0.309. The van der Waals surface area contributed by atoms with Gasteiger partial charge in [-0.25, -0.2) is 0 Å². The standard InChI is InChI=1S/C21H42O2Si2/c1-14-16-18(22-24(10,11)19(3,4)5)17-21(9,15-2)23-25(12,13)20(6,7)8/h1,15,18H,2,16-17H2,3-13H3/t18-,21-/m0/s1. The van der Waals surface area contributed by atoms with Crippen molar-refractivity contribution in [3.63, 3.8) is 0 Å². The van der Waals surface area contributed by atoms with E-state index in [2.05, 4.69) is 87.2 Å². The summed E-state index contributed by atoms with van der Waals surface area (Å²) in [5.41, 5.74) is -0.424. The summed E-state index contributed by atoms with van der Waals surface area (Å²) in [5.74, 6) is 2.80. The quantitative estimate of drug-likeness (QED) is 0.262. The van der Waals surface area contributed by atoms with Gasteiger partial charge in [0.1, 0.15) is 0 Å². The van der Waals surface area contributed by atoms with Gasteiger partial charge < -0.3 is 8.85 Å². The number of hydrogen-bond donors (Lipinski definition) is 0. The van der Waals surface area contributed by atoms with Crippen molar-refractivity contribution in [1.82, 2.24) is 0 Å². The molecule has 0 unspecified atom stereocenters. The molecule has 2 atom stereocenters. The van der Waals surface area contributed by atoms with Crippen LogP contribution in [0.4, 0.5) is 0 Å². The molecule has 0 spiro atoms. The second-order valence-corrected chi connectivity index (χ2v) is 20.0. The summed E-state index contributed by atoms with van der Waals surface area (Å²) < 4.78 is 13.3. The molecule has 2 nitrogen and oxygen atoms in total. The molecule has 0 saturated carbocycles. The van der Waals surface area contributed by atoms with Gasteiger partial charge >= 0.3 is 0 Å². The maximum atomic E-state index is 6.70. The largest absolute Gasteiger partial charge is 0.413 e. The molecule has 146 valence electrons. The minimum absolute atomic E-state index is 0.00124. The molecular formula is C21H42O2Si2. The van der Waals surface area contributed by atoms with E-state index in [0.29, 0.717) is 6.42 Å². The molecule has 0 heterocycles. The van der Waals surface area contributed by atoms with Crippen molar-refractivity contribution in [2.45, 2.75) is 109 Å². The van der Waals surface area contributed by atoms with Crippen LogP contribution in [-0.4, -0.2) is 28.3 Å². The van der Waals surface area contributed by atoms with Gasteiger partial charge in [-0.1, -0.05) is 47.6 Å². The van der Waals surface area contributed by atoms with E-state index in [1.54, 1.807) is 0 Å². The Hall–Kier alpha value is -0.346. The van der Waals surface area contributed by atoms with E-state index in [0.717, 1.165) is 6.42 Å². The molecule has 0 aromatic heterocycles. The van der Waals surface area contributed by atoms with Crippen LogP contribution in [0.1, 0.15) is 61.3 Å². The van der Waals surface area contributed by atoms with Crippen LogP contribution in [0.15, 0.2) is 12.7 Å². The first kappa shape index (κ1) is 24.7. The Labute approximate surface area is 160 Å². The van der Waals surface area contributed by atoms with E-state index >= 15 is 0 Å². The van der Waals surface area contributed by atoms with Gasteiger partial charge in [-0.2, -0.15) is 0 Å². The second-order valence-electron chi connectivity index (χ2n) is 10.5. The van der Waals surface area contributed by atoms with E-state index in [1.165, 1.54) is 0 Å². The average Bonchev–Trinajstić information content (AvgIpc) is 2.34. The van der Waals surface area contributed by atoms with Gasteiger partial charge in [0.2, 0.25) is 0 Å². The molecule has 0 radical (unpaired) electrons. The Bertz CT molecular complexity index is 489. The van der Waals surface area contributed by atoms with E-state index in [1.807, 2.05) is 6.08 Å². The van der Waals surface area contributed by atoms with Crippen LogP contribution in [0.25, 0.3) is 0 Å². The van der Waals surface area contributed by atoms with Crippen molar-refractivity contribution in [2.24, 2.45) is 0 Å². The lowest BCUT2D eigenvalue weighted by Gasteiger charge is -2.45. The Morgan fingerprint density at radius 2 is 1.40 bits per heavy atom. The molecule has 4 heteroatoms. The topological polar surface area (TPSA) is 18.5 Å². The first-order valence-electron chi connectivity index (χ1n) is 9.36. The fraction of sp³-hybridized carbons (Fsp3) is 0.810. The van der Waals surface area contributed by atoms with Crippen molar-refractivity contribution in [3.05, 3.63) is 12.7 Å². The zero-order chi connectivity index (χ0) is 20.3. The molecule has 0 aromatic rings. The number of rotatable bonds is 8. The van der Waals surface area contributed by atoms with Gasteiger partial charge in [0.25, 0.3) is 0 Å². The van der Waals surface area contributed by atoms with Gasteiger partial charge in [-0.3, -0.25) is 0 Å². The SMILES string of the molecule is C#CC[C@@H](C[C@](C)(C=C)O[Si](C)(C)C(C)(C)C)O[Si](C)(C)C(C)(C)C. The van der Waals surface area contributed by atoms with Crippen molar-refractivity contribution in [3.8, 4) is 12.3 Å². The Morgan fingerprint density at radius 1 is 0.960 bits per heavy atom. The molecule has 0 N–H and O–H groups in total. The molecule has 0 aliphatic carbocycles. The molecule has 0 aliphatic rings. The van der Waals surface area contributed by atoms with Crippen LogP contribution < -0.4 is 0 Å². The second kappa shape index (κ2) is 8.12. The maximum absolute atomic E-state index is 6.70. The van der Waals surface area contributed by atoms with Crippen LogP contribution >= 0.6 is 0 Å². The summed E-state index contributed by atoms with van der Waals surface area (Å²) in [6, 6.07) is 0. The van der Waals surface area contributed by atoms with Crippen LogP contribution in [0.2, 0.25) is 36.3 Å². The lowest BCUT2D eigenvalue weighted by atomic mass is 9.97. The molecule has 0 bridgehead atoms. The average molecular weight is 383 g/mol. The monoisotopic (exact) mass is 382 g/mol. The zero-order valence-corrected chi connectivity index (χ0v) is 20.7. The molecule has 0 aromatic carbocycles. The summed E-state index contributed by atoms with van der Waals surface area (Å²) in [4.78, 5) is 0. The normalized spacial score (nSPS) is 17.5. The molecule has 0 amide bonds. The van der Waals surface area contributed by atoms with Crippen LogP contribution in [0.3, 0.4) is 0 Å². The lowest BCUT2D eigenvalue weighted by molar-refractivity contribution is 0.0554. The molecule has 25 heavy (non-hydrogen) atoms. The lowest BCUT2D eigenvalue weighted by Crippen LogP contribution is -2.50. The van der Waals surface area contributed by atoms with Crippen molar-refractivity contribution in [1.29, 1.82) is 0 Å². The fourth-order valence-electron chi connectivity index (χ4n) is 2.24. The van der Waals surface area contributed by atoms with E-state index in [4.69, 9.17) is 15.3 Å².